The molecule has 1 aromatic heterocycles. The summed E-state index contributed by atoms with van der Waals surface area (Å²) < 4.78 is 0. The molecule has 3 amide bonds. The summed E-state index contributed by atoms with van der Waals surface area (Å²) >= 11 is 0. The lowest BCUT2D eigenvalue weighted by Gasteiger charge is -2.33. The first kappa shape index (κ1) is 41.3. The molecule has 268 valence electrons. The second-order valence-electron chi connectivity index (χ2n) is 13.5. The predicted octanol–water partition coefficient (Wildman–Crippen LogP) is 4.42. The lowest BCUT2D eigenvalue weighted by Crippen LogP contribution is -2.58. The van der Waals surface area contributed by atoms with Crippen LogP contribution < -0.4 is 21.3 Å². The van der Waals surface area contributed by atoms with Gasteiger partial charge in [0.2, 0.25) is 17.7 Å². The van der Waals surface area contributed by atoms with Crippen molar-refractivity contribution in [2.24, 2.45) is 17.8 Å². The number of hydrogen-bond donors (Lipinski definition) is 6. The van der Waals surface area contributed by atoms with Crippen LogP contribution in [-0.4, -0.2) is 69.6 Å². The standard InChI is InChI=1S/C36H54N6O4.2ClH/c1-4-27(24(2)3)20-33(43)30(18-25-12-7-5-8-13-25)40-36(46)32(21-28-22-37-23-39-28)42-35(45)31(19-26-14-9-6-10-15-26)41-34(44)29-16-11-17-38-29;;/h4,6,9-10,14-15,22-25,27,29-33,38,43H,1,5,7-8,11-13,16-21H2,2-3H3,(H,37,39)(H,40,46)(H,41,44)(H,42,45);2*1H/t27-,29+,30-,31-,32-,33-;;/m0../s1. The predicted molar refractivity (Wildman–Crippen MR) is 194 cm³/mol. The zero-order valence-corrected chi connectivity index (χ0v) is 30.0. The van der Waals surface area contributed by atoms with Gasteiger partial charge in [0.15, 0.2) is 0 Å². The number of hydrogen-bond acceptors (Lipinski definition) is 6. The largest absolute Gasteiger partial charge is 0.391 e. The first-order valence-corrected chi connectivity index (χ1v) is 17.2. The second kappa shape index (κ2) is 21.2. The fourth-order valence-electron chi connectivity index (χ4n) is 6.80. The molecule has 2 fully saturated rings. The first-order valence-electron chi connectivity index (χ1n) is 17.2. The van der Waals surface area contributed by atoms with Crippen molar-refractivity contribution in [1.82, 2.24) is 31.2 Å². The third-order valence-electron chi connectivity index (χ3n) is 9.68. The van der Waals surface area contributed by atoms with Gasteiger partial charge in [0, 0.05) is 24.7 Å². The third kappa shape index (κ3) is 12.8. The minimum atomic E-state index is -0.950. The molecule has 2 aliphatic rings. The maximum Gasteiger partial charge on any atom is 0.243 e. The van der Waals surface area contributed by atoms with Crippen molar-refractivity contribution in [1.29, 1.82) is 0 Å². The number of rotatable bonds is 17. The Morgan fingerprint density at radius 3 is 2.25 bits per heavy atom. The van der Waals surface area contributed by atoms with Gasteiger partial charge in [-0.2, -0.15) is 0 Å². The Labute approximate surface area is 298 Å². The van der Waals surface area contributed by atoms with Gasteiger partial charge < -0.3 is 31.4 Å². The molecule has 0 radical (unpaired) electrons. The van der Waals surface area contributed by atoms with E-state index < -0.39 is 30.1 Å². The molecule has 10 nitrogen and oxygen atoms in total. The number of carbonyl (C=O) groups is 3. The number of aromatic nitrogens is 2. The molecule has 6 N–H and O–H groups in total. The smallest absolute Gasteiger partial charge is 0.243 e. The van der Waals surface area contributed by atoms with E-state index in [9.17, 15) is 19.5 Å². The highest BCUT2D eigenvalue weighted by Crippen LogP contribution is 2.30. The fraction of sp³-hybridized carbons (Fsp3) is 0.611. The summed E-state index contributed by atoms with van der Waals surface area (Å²) in [5.41, 5.74) is 1.59. The number of aliphatic hydroxyl groups is 1. The minimum absolute atomic E-state index is 0. The van der Waals surface area contributed by atoms with Crippen molar-refractivity contribution < 1.29 is 19.5 Å². The normalized spacial score (nSPS) is 19.5. The average Bonchev–Trinajstić information content (AvgIpc) is 3.79. The lowest BCUT2D eigenvalue weighted by atomic mass is 9.81. The second-order valence-corrected chi connectivity index (χ2v) is 13.5. The summed E-state index contributed by atoms with van der Waals surface area (Å²) in [6, 6.07) is 6.89. The number of allylic oxidation sites excluding steroid dienone is 1. The van der Waals surface area contributed by atoms with Gasteiger partial charge in [-0.05, 0) is 55.5 Å². The Balaban J connectivity index is 0.00000400. The Hall–Kier alpha value is -2.92. The van der Waals surface area contributed by atoms with Gasteiger partial charge in [-0.25, -0.2) is 4.98 Å². The van der Waals surface area contributed by atoms with Crippen LogP contribution in [0.5, 0.6) is 0 Å². The highest BCUT2D eigenvalue weighted by atomic mass is 35.5. The highest BCUT2D eigenvalue weighted by molar-refractivity contribution is 5.93. The summed E-state index contributed by atoms with van der Waals surface area (Å²) in [7, 11) is 0. The van der Waals surface area contributed by atoms with Crippen LogP contribution in [0.4, 0.5) is 0 Å². The van der Waals surface area contributed by atoms with E-state index in [1.165, 1.54) is 12.7 Å². The molecule has 1 saturated carbocycles. The minimum Gasteiger partial charge on any atom is -0.391 e. The number of benzene rings is 1. The molecule has 2 heterocycles. The molecule has 1 saturated heterocycles. The number of aromatic amines is 1. The number of amides is 3. The quantitative estimate of drug-likeness (QED) is 0.134. The van der Waals surface area contributed by atoms with Gasteiger partial charge in [-0.15, -0.1) is 31.4 Å². The number of nitrogens with one attached hydrogen (secondary N) is 5. The average molecular weight is 708 g/mol. The maximum absolute atomic E-state index is 14.1. The van der Waals surface area contributed by atoms with Crippen LogP contribution in [0.3, 0.4) is 0 Å². The topological polar surface area (TPSA) is 148 Å². The van der Waals surface area contributed by atoms with E-state index >= 15 is 0 Å². The monoisotopic (exact) mass is 706 g/mol. The Bertz CT molecular complexity index is 1240. The molecule has 2 aromatic rings. The summed E-state index contributed by atoms with van der Waals surface area (Å²) in [4.78, 5) is 48.3. The molecule has 1 aliphatic carbocycles. The zero-order valence-electron chi connectivity index (χ0n) is 28.4. The number of H-pyrrole nitrogens is 1. The van der Waals surface area contributed by atoms with Gasteiger partial charge in [-0.1, -0.05) is 82.4 Å². The third-order valence-corrected chi connectivity index (χ3v) is 9.68. The van der Waals surface area contributed by atoms with Crippen LogP contribution in [0.2, 0.25) is 0 Å². The van der Waals surface area contributed by atoms with Crippen molar-refractivity contribution in [3.8, 4) is 0 Å². The molecule has 12 heteroatoms. The van der Waals surface area contributed by atoms with Crippen molar-refractivity contribution >= 4 is 42.5 Å². The lowest BCUT2D eigenvalue weighted by molar-refractivity contribution is -0.133. The Morgan fingerprint density at radius 1 is 0.958 bits per heavy atom. The number of carbonyl (C=O) groups excluding carboxylic acids is 3. The Kier molecular flexibility index (Phi) is 18.2. The van der Waals surface area contributed by atoms with E-state index in [-0.39, 0.29) is 61.4 Å². The molecule has 0 unspecified atom stereocenters. The summed E-state index contributed by atoms with van der Waals surface area (Å²) in [6.45, 7) is 8.96. The van der Waals surface area contributed by atoms with E-state index in [1.54, 1.807) is 6.20 Å². The molecule has 1 aromatic carbocycles. The van der Waals surface area contributed by atoms with Crippen LogP contribution >= 0.6 is 24.8 Å². The van der Waals surface area contributed by atoms with Gasteiger partial charge >= 0.3 is 0 Å². The molecule has 48 heavy (non-hydrogen) atoms. The first-order chi connectivity index (χ1) is 22.2. The maximum atomic E-state index is 14.1. The van der Waals surface area contributed by atoms with Crippen molar-refractivity contribution in [2.75, 3.05) is 6.54 Å². The summed E-state index contributed by atoms with van der Waals surface area (Å²) in [5, 5.41) is 23.7. The van der Waals surface area contributed by atoms with E-state index in [4.69, 9.17) is 0 Å². The van der Waals surface area contributed by atoms with Crippen molar-refractivity contribution in [2.45, 2.75) is 115 Å². The number of aliphatic hydroxyl groups excluding tert-OH is 1. The Morgan fingerprint density at radius 2 is 1.65 bits per heavy atom. The van der Waals surface area contributed by atoms with Crippen LogP contribution in [0.1, 0.15) is 82.9 Å². The van der Waals surface area contributed by atoms with Gasteiger partial charge in [-0.3, -0.25) is 14.4 Å². The van der Waals surface area contributed by atoms with E-state index in [0.717, 1.165) is 44.2 Å². The van der Waals surface area contributed by atoms with Crippen LogP contribution in [0.15, 0.2) is 55.5 Å². The van der Waals surface area contributed by atoms with Gasteiger partial charge in [0.1, 0.15) is 12.1 Å². The summed E-state index contributed by atoms with van der Waals surface area (Å²) in [6.07, 6.45) is 13.3. The zero-order chi connectivity index (χ0) is 32.9. The van der Waals surface area contributed by atoms with Gasteiger partial charge in [0.25, 0.3) is 0 Å². The SMILES string of the molecule is C=C[C@@H](C[C@H](O)[C@H](CC1CCCCC1)NC(=O)[C@H](Cc1cnc[nH]1)NC(=O)[C@H](Cc1ccccc1)NC(=O)[C@H]1CCCN1)C(C)C.Cl.Cl. The fourth-order valence-corrected chi connectivity index (χ4v) is 6.80. The van der Waals surface area contributed by atoms with Crippen molar-refractivity contribution in [3.05, 3.63) is 66.8 Å². The molecular formula is C36H56Cl2N6O4. The molecule has 0 bridgehead atoms. The number of imidazole rings is 1. The number of nitrogens with zero attached hydrogens (tertiary/aromatic N) is 1. The van der Waals surface area contributed by atoms with E-state index in [0.29, 0.717) is 36.8 Å². The molecule has 4 rings (SSSR count). The molecule has 0 spiro atoms. The molecule has 1 aliphatic heterocycles. The summed E-state index contributed by atoms with van der Waals surface area (Å²) in [5.74, 6) is -0.193. The van der Waals surface area contributed by atoms with Crippen molar-refractivity contribution in [3.63, 3.8) is 0 Å². The van der Waals surface area contributed by atoms with Gasteiger partial charge in [0.05, 0.1) is 24.5 Å². The number of halogens is 2. The molecule has 6 atom stereocenters. The highest BCUT2D eigenvalue weighted by Gasteiger charge is 2.33. The van der Waals surface area contributed by atoms with E-state index in [1.807, 2.05) is 36.4 Å². The van der Waals surface area contributed by atoms with Crippen LogP contribution in [0.25, 0.3) is 0 Å². The van der Waals surface area contributed by atoms with Crippen LogP contribution in [0, 0.1) is 17.8 Å². The van der Waals surface area contributed by atoms with Crippen LogP contribution in [-0.2, 0) is 27.2 Å². The molecular weight excluding hydrogens is 651 g/mol. The van der Waals surface area contributed by atoms with E-state index in [2.05, 4.69) is 51.7 Å².